The quantitative estimate of drug-likeness (QED) is 0.182. The maximum atomic E-state index is 13.4. The Morgan fingerprint density at radius 3 is 2.52 bits per heavy atom. The van der Waals surface area contributed by atoms with E-state index in [2.05, 4.69) is 12.0 Å². The lowest BCUT2D eigenvalue weighted by atomic mass is 9.82. The van der Waals surface area contributed by atoms with Crippen LogP contribution in [0.5, 0.6) is 0 Å². The van der Waals surface area contributed by atoms with Gasteiger partial charge in [0.1, 0.15) is 6.34 Å². The molecule has 0 N–H and O–H groups in total. The summed E-state index contributed by atoms with van der Waals surface area (Å²) in [6.07, 6.45) is 8.14. The number of hydrazone groups is 1. The summed E-state index contributed by atoms with van der Waals surface area (Å²) in [5.74, 6) is 0.474. The topological polar surface area (TPSA) is 71.4 Å². The van der Waals surface area contributed by atoms with Crippen LogP contribution in [0.15, 0.2) is 47.2 Å². The number of benzene rings is 1. The Labute approximate surface area is 197 Å². The maximum absolute atomic E-state index is 13.4. The first-order valence-electron chi connectivity index (χ1n) is 12.1. The van der Waals surface area contributed by atoms with E-state index < -0.39 is 0 Å². The predicted octanol–water partition coefficient (Wildman–Crippen LogP) is 4.34. The van der Waals surface area contributed by atoms with Crippen molar-refractivity contribution < 1.29 is 19.1 Å². The molecule has 0 spiro atoms. The van der Waals surface area contributed by atoms with Crippen LogP contribution < -0.4 is 0 Å². The van der Waals surface area contributed by atoms with E-state index in [0.717, 1.165) is 37.7 Å². The normalized spacial score (nSPS) is 23.5. The molecule has 7 nitrogen and oxygen atoms in total. The summed E-state index contributed by atoms with van der Waals surface area (Å²) in [5.41, 5.74) is 1.50. The average Bonchev–Trinajstić information content (AvgIpc) is 3.35. The molecule has 3 rings (SSSR count). The Morgan fingerprint density at radius 1 is 1.15 bits per heavy atom. The summed E-state index contributed by atoms with van der Waals surface area (Å²) in [6.45, 7) is 7.71. The van der Waals surface area contributed by atoms with Crippen molar-refractivity contribution in [1.82, 2.24) is 9.91 Å². The van der Waals surface area contributed by atoms with Crippen LogP contribution in [-0.4, -0.2) is 54.0 Å². The van der Waals surface area contributed by atoms with Crippen LogP contribution >= 0.6 is 0 Å². The van der Waals surface area contributed by atoms with Gasteiger partial charge in [0.25, 0.3) is 0 Å². The Kier molecular flexibility index (Phi) is 9.48. The molecule has 2 aliphatic rings. The first-order valence-corrected chi connectivity index (χ1v) is 12.1. The SMILES string of the molecule is CCOC(=O)/C(C)=C/N(Cc1ccccc1)/N=C/N(C(=O)[C@H]1CC[C@H](C)CC1)[C@H]1CCOC1. The Morgan fingerprint density at radius 2 is 1.88 bits per heavy atom. The summed E-state index contributed by atoms with van der Waals surface area (Å²) in [7, 11) is 0. The van der Waals surface area contributed by atoms with Gasteiger partial charge < -0.3 is 9.47 Å². The van der Waals surface area contributed by atoms with E-state index in [9.17, 15) is 9.59 Å². The molecule has 1 aromatic rings. The fourth-order valence-electron chi connectivity index (χ4n) is 4.32. The Hall–Kier alpha value is -2.67. The third-order valence-electron chi connectivity index (χ3n) is 6.37. The third kappa shape index (κ3) is 7.42. The number of ether oxygens (including phenoxy) is 2. The average molecular weight is 456 g/mol. The molecule has 0 bridgehead atoms. The summed E-state index contributed by atoms with van der Waals surface area (Å²) >= 11 is 0. The molecule has 1 aromatic carbocycles. The molecule has 1 aliphatic heterocycles. The highest BCUT2D eigenvalue weighted by Gasteiger charge is 2.33. The van der Waals surface area contributed by atoms with Crippen molar-refractivity contribution in [1.29, 1.82) is 0 Å². The van der Waals surface area contributed by atoms with Gasteiger partial charge in [-0.1, -0.05) is 37.3 Å². The molecule has 1 aliphatic carbocycles. The van der Waals surface area contributed by atoms with Crippen LogP contribution in [0.25, 0.3) is 0 Å². The molecule has 2 fully saturated rings. The fourth-order valence-corrected chi connectivity index (χ4v) is 4.32. The highest BCUT2D eigenvalue weighted by Crippen LogP contribution is 2.30. The van der Waals surface area contributed by atoms with Crippen molar-refractivity contribution >= 4 is 18.2 Å². The molecule has 7 heteroatoms. The molecule has 1 saturated heterocycles. The van der Waals surface area contributed by atoms with E-state index in [1.807, 2.05) is 30.3 Å². The van der Waals surface area contributed by atoms with Gasteiger partial charge in [0.2, 0.25) is 5.91 Å². The van der Waals surface area contributed by atoms with Gasteiger partial charge in [-0.05, 0) is 57.4 Å². The number of carbonyl (C=O) groups excluding carboxylic acids is 2. The van der Waals surface area contributed by atoms with Crippen LogP contribution in [0.2, 0.25) is 0 Å². The van der Waals surface area contributed by atoms with Gasteiger partial charge >= 0.3 is 5.97 Å². The number of hydrogen-bond donors (Lipinski definition) is 0. The van der Waals surface area contributed by atoms with Crippen molar-refractivity contribution in [3.63, 3.8) is 0 Å². The number of hydrogen-bond acceptors (Lipinski definition) is 6. The van der Waals surface area contributed by atoms with Gasteiger partial charge in [-0.15, -0.1) is 0 Å². The molecular formula is C26H37N3O4. The van der Waals surface area contributed by atoms with Crippen molar-refractivity contribution in [2.75, 3.05) is 19.8 Å². The molecule has 1 saturated carbocycles. The van der Waals surface area contributed by atoms with Gasteiger partial charge in [0.15, 0.2) is 0 Å². The molecule has 1 heterocycles. The number of esters is 1. The lowest BCUT2D eigenvalue weighted by molar-refractivity contribution is -0.138. The molecule has 0 aromatic heterocycles. The van der Waals surface area contributed by atoms with Gasteiger partial charge in [0.05, 0.1) is 31.4 Å². The van der Waals surface area contributed by atoms with Crippen molar-refractivity contribution in [2.24, 2.45) is 16.9 Å². The molecule has 0 radical (unpaired) electrons. The number of nitrogens with zero attached hydrogens (tertiary/aromatic N) is 3. The van der Waals surface area contributed by atoms with Crippen molar-refractivity contribution in [3.8, 4) is 0 Å². The smallest absolute Gasteiger partial charge is 0.335 e. The second-order valence-electron chi connectivity index (χ2n) is 9.07. The van der Waals surface area contributed by atoms with E-state index in [-0.39, 0.29) is 23.8 Å². The van der Waals surface area contributed by atoms with E-state index >= 15 is 0 Å². The van der Waals surface area contributed by atoms with E-state index in [4.69, 9.17) is 9.47 Å². The van der Waals surface area contributed by atoms with Gasteiger partial charge in [0, 0.05) is 18.7 Å². The highest BCUT2D eigenvalue weighted by atomic mass is 16.5. The zero-order chi connectivity index (χ0) is 23.6. The zero-order valence-electron chi connectivity index (χ0n) is 20.1. The minimum Gasteiger partial charge on any atom is -0.463 e. The maximum Gasteiger partial charge on any atom is 0.335 e. The van der Waals surface area contributed by atoms with Gasteiger partial charge in [-0.3, -0.25) is 14.7 Å². The van der Waals surface area contributed by atoms with Crippen LogP contribution in [-0.2, 0) is 25.6 Å². The first-order chi connectivity index (χ1) is 16.0. The molecule has 33 heavy (non-hydrogen) atoms. The van der Waals surface area contributed by atoms with Crippen LogP contribution in [0.4, 0.5) is 0 Å². The molecule has 0 unspecified atom stereocenters. The van der Waals surface area contributed by atoms with Crippen molar-refractivity contribution in [2.45, 2.75) is 65.5 Å². The van der Waals surface area contributed by atoms with Gasteiger partial charge in [-0.2, -0.15) is 5.10 Å². The molecule has 180 valence electrons. The van der Waals surface area contributed by atoms with Crippen LogP contribution in [0.1, 0.15) is 58.4 Å². The van der Waals surface area contributed by atoms with Crippen LogP contribution in [0.3, 0.4) is 0 Å². The third-order valence-corrected chi connectivity index (χ3v) is 6.37. The Bertz CT molecular complexity index is 825. The molecule has 1 atom stereocenters. The molecular weight excluding hydrogens is 418 g/mol. The lowest BCUT2D eigenvalue weighted by Crippen LogP contribution is -2.44. The minimum absolute atomic E-state index is 0.00527. The summed E-state index contributed by atoms with van der Waals surface area (Å²) < 4.78 is 10.7. The number of amides is 1. The lowest BCUT2D eigenvalue weighted by Gasteiger charge is -2.32. The number of carbonyl (C=O) groups is 2. The molecule has 1 amide bonds. The highest BCUT2D eigenvalue weighted by molar-refractivity contribution is 5.90. The standard InChI is InChI=1S/C26H37N3O4/c1-4-33-26(31)21(3)16-28(17-22-8-6-5-7-9-22)27-19-29(24-14-15-32-18-24)25(30)23-12-10-20(2)11-13-23/h5-9,16,19-20,23-24H,4,10-15,17-18H2,1-3H3/b21-16+,27-19+/t20-,23-,24-/m0/s1. The monoisotopic (exact) mass is 455 g/mol. The van der Waals surface area contributed by atoms with Crippen LogP contribution in [0, 0.1) is 11.8 Å². The van der Waals surface area contributed by atoms with Crippen molar-refractivity contribution in [3.05, 3.63) is 47.7 Å². The van der Waals surface area contributed by atoms with Gasteiger partial charge in [-0.25, -0.2) is 4.79 Å². The second-order valence-corrected chi connectivity index (χ2v) is 9.07. The zero-order valence-corrected chi connectivity index (χ0v) is 20.1. The van der Waals surface area contributed by atoms with E-state index in [1.165, 1.54) is 0 Å². The Balaban J connectivity index is 1.81. The fraction of sp³-hybridized carbons (Fsp3) is 0.577. The number of rotatable bonds is 9. The summed E-state index contributed by atoms with van der Waals surface area (Å²) in [6, 6.07) is 9.90. The largest absolute Gasteiger partial charge is 0.463 e. The van der Waals surface area contributed by atoms with E-state index in [1.54, 1.807) is 36.3 Å². The summed E-state index contributed by atoms with van der Waals surface area (Å²) in [4.78, 5) is 27.4. The van der Waals surface area contributed by atoms with E-state index in [0.29, 0.717) is 37.9 Å². The first kappa shape index (κ1) is 25.0. The predicted molar refractivity (Wildman–Crippen MR) is 128 cm³/mol. The summed E-state index contributed by atoms with van der Waals surface area (Å²) in [5, 5.41) is 6.35. The second kappa shape index (κ2) is 12.5. The minimum atomic E-state index is -0.376.